The van der Waals surface area contributed by atoms with E-state index in [0.717, 1.165) is 5.56 Å². The van der Waals surface area contributed by atoms with E-state index in [2.05, 4.69) is 15.4 Å². The summed E-state index contributed by atoms with van der Waals surface area (Å²) in [4.78, 5) is 27.9. The maximum atomic E-state index is 12.2. The van der Waals surface area contributed by atoms with E-state index >= 15 is 0 Å². The fourth-order valence-electron chi connectivity index (χ4n) is 2.39. The van der Waals surface area contributed by atoms with Crippen LogP contribution in [0.25, 0.3) is 11.8 Å². The van der Waals surface area contributed by atoms with Crippen molar-refractivity contribution in [3.8, 4) is 11.4 Å². The van der Waals surface area contributed by atoms with Crippen molar-refractivity contribution in [2.75, 3.05) is 19.0 Å². The minimum Gasteiger partial charge on any atom is -0.497 e. The lowest BCUT2D eigenvalue weighted by molar-refractivity contribution is -0.142. The second kappa shape index (κ2) is 9.52. The first-order chi connectivity index (χ1) is 14.0. The van der Waals surface area contributed by atoms with Gasteiger partial charge in [-0.05, 0) is 42.0 Å². The number of carbonyl (C=O) groups is 2. The van der Waals surface area contributed by atoms with Crippen molar-refractivity contribution in [3.63, 3.8) is 0 Å². The van der Waals surface area contributed by atoms with Crippen LogP contribution in [0.3, 0.4) is 0 Å². The van der Waals surface area contributed by atoms with E-state index in [0.29, 0.717) is 22.1 Å². The molecule has 1 N–H and O–H groups in total. The number of amides is 1. The zero-order chi connectivity index (χ0) is 20.6. The molecule has 0 fully saturated rings. The van der Waals surface area contributed by atoms with Crippen molar-refractivity contribution in [2.45, 2.75) is 0 Å². The van der Waals surface area contributed by atoms with Gasteiger partial charge in [0.25, 0.3) is 5.91 Å². The highest BCUT2D eigenvalue weighted by atomic mass is 35.5. The van der Waals surface area contributed by atoms with Gasteiger partial charge in [-0.2, -0.15) is 5.10 Å². The molecule has 0 aliphatic rings. The van der Waals surface area contributed by atoms with E-state index in [9.17, 15) is 9.59 Å². The summed E-state index contributed by atoms with van der Waals surface area (Å²) in [7, 11) is 1.57. The third kappa shape index (κ3) is 5.66. The first-order valence-corrected chi connectivity index (χ1v) is 8.86. The second-order valence-electron chi connectivity index (χ2n) is 5.76. The molecule has 0 spiro atoms. The molecule has 8 nitrogen and oxygen atoms in total. The van der Waals surface area contributed by atoms with Crippen molar-refractivity contribution in [1.82, 2.24) is 14.8 Å². The summed E-state index contributed by atoms with van der Waals surface area (Å²) >= 11 is 6.01. The molecule has 1 amide bonds. The van der Waals surface area contributed by atoms with Gasteiger partial charge in [0, 0.05) is 11.1 Å². The number of esters is 1. The highest BCUT2D eigenvalue weighted by Crippen LogP contribution is 2.23. The zero-order valence-corrected chi connectivity index (χ0v) is 16.2. The second-order valence-corrected chi connectivity index (χ2v) is 6.20. The van der Waals surface area contributed by atoms with Crippen LogP contribution >= 0.6 is 11.6 Å². The Morgan fingerprint density at radius 1 is 1.21 bits per heavy atom. The highest BCUT2D eigenvalue weighted by molar-refractivity contribution is 6.31. The Hall–Kier alpha value is -3.65. The average molecular weight is 413 g/mol. The molecule has 9 heteroatoms. The summed E-state index contributed by atoms with van der Waals surface area (Å²) in [6, 6.07) is 12.1. The number of halogens is 1. The molecule has 1 heterocycles. The quantitative estimate of drug-likeness (QED) is 0.473. The number of anilines is 1. The van der Waals surface area contributed by atoms with E-state index in [4.69, 9.17) is 21.1 Å². The minimum absolute atomic E-state index is 0.415. The van der Waals surface area contributed by atoms with Gasteiger partial charge in [0.15, 0.2) is 6.61 Å². The van der Waals surface area contributed by atoms with Gasteiger partial charge in [-0.3, -0.25) is 4.79 Å². The van der Waals surface area contributed by atoms with Gasteiger partial charge in [-0.1, -0.05) is 23.7 Å². The van der Waals surface area contributed by atoms with Crippen LogP contribution in [0.1, 0.15) is 5.56 Å². The zero-order valence-electron chi connectivity index (χ0n) is 15.4. The molecule has 29 heavy (non-hydrogen) atoms. The number of hydrogen-bond acceptors (Lipinski definition) is 6. The van der Waals surface area contributed by atoms with Crippen molar-refractivity contribution in [1.29, 1.82) is 0 Å². The third-order valence-electron chi connectivity index (χ3n) is 3.77. The fraction of sp³-hybridized carbons (Fsp3) is 0.100. The number of rotatable bonds is 7. The number of methoxy groups -OCH3 is 1. The monoisotopic (exact) mass is 412 g/mol. The summed E-state index contributed by atoms with van der Waals surface area (Å²) in [5, 5.41) is 7.12. The predicted octanol–water partition coefficient (Wildman–Crippen LogP) is 3.12. The normalized spacial score (nSPS) is 10.7. The minimum atomic E-state index is -0.640. The number of ether oxygens (including phenoxy) is 2. The number of carbonyl (C=O) groups excluding carboxylic acids is 2. The average Bonchev–Trinajstić information content (AvgIpc) is 3.26. The van der Waals surface area contributed by atoms with Gasteiger partial charge >= 0.3 is 5.97 Å². The Kier molecular flexibility index (Phi) is 6.59. The SMILES string of the molecule is COc1ccc(/C=C/C(=O)OCC(=O)Nc2cc(Cl)ccc2-n2cncn2)cc1. The van der Waals surface area contributed by atoms with Crippen LogP contribution in [-0.4, -0.2) is 40.4 Å². The first kappa shape index (κ1) is 20.1. The number of nitrogens with one attached hydrogen (secondary N) is 1. The number of benzene rings is 2. The topological polar surface area (TPSA) is 95.3 Å². The fourth-order valence-corrected chi connectivity index (χ4v) is 2.56. The standard InChI is InChI=1S/C20H17ClN4O4/c1-28-16-6-2-14(3-7-16)4-9-20(27)29-11-19(26)24-17-10-15(21)5-8-18(17)25-13-22-12-23-25/h2-10,12-13H,11H2,1H3,(H,24,26)/b9-4+. The van der Waals surface area contributed by atoms with Crippen molar-refractivity contribution >= 4 is 35.2 Å². The van der Waals surface area contributed by atoms with E-state index in [1.807, 2.05) is 0 Å². The lowest BCUT2D eigenvalue weighted by atomic mass is 10.2. The van der Waals surface area contributed by atoms with Crippen LogP contribution in [-0.2, 0) is 14.3 Å². The molecular weight excluding hydrogens is 396 g/mol. The Balaban J connectivity index is 1.56. The molecule has 3 aromatic rings. The molecule has 0 aliphatic heterocycles. The van der Waals surface area contributed by atoms with Gasteiger partial charge < -0.3 is 14.8 Å². The van der Waals surface area contributed by atoms with Crippen molar-refractivity contribution in [3.05, 3.63) is 71.8 Å². The van der Waals surface area contributed by atoms with E-state index < -0.39 is 18.5 Å². The first-order valence-electron chi connectivity index (χ1n) is 8.48. The Labute approximate surface area is 171 Å². The molecule has 0 bridgehead atoms. The van der Waals surface area contributed by atoms with Crippen LogP contribution in [0.5, 0.6) is 5.75 Å². The Bertz CT molecular complexity index is 1020. The summed E-state index contributed by atoms with van der Waals surface area (Å²) in [5.41, 5.74) is 1.78. The van der Waals surface area contributed by atoms with Gasteiger partial charge in [0.05, 0.1) is 18.5 Å². The lowest BCUT2D eigenvalue weighted by Crippen LogP contribution is -2.21. The molecule has 3 rings (SSSR count). The molecule has 0 unspecified atom stereocenters. The molecule has 1 aromatic heterocycles. The molecule has 2 aromatic carbocycles. The Morgan fingerprint density at radius 2 is 2.00 bits per heavy atom. The van der Waals surface area contributed by atoms with Crippen molar-refractivity contribution in [2.24, 2.45) is 0 Å². The highest BCUT2D eigenvalue weighted by Gasteiger charge is 2.11. The molecule has 0 aliphatic carbocycles. The van der Waals surface area contributed by atoms with Crippen LogP contribution < -0.4 is 10.1 Å². The summed E-state index contributed by atoms with van der Waals surface area (Å²) in [6.45, 7) is -0.449. The largest absolute Gasteiger partial charge is 0.497 e. The van der Waals surface area contributed by atoms with Crippen LogP contribution in [0, 0.1) is 0 Å². The number of aromatic nitrogens is 3. The molecule has 0 atom stereocenters. The van der Waals surface area contributed by atoms with Crippen LogP contribution in [0.4, 0.5) is 5.69 Å². The molecule has 0 radical (unpaired) electrons. The predicted molar refractivity (Wildman–Crippen MR) is 108 cm³/mol. The maximum absolute atomic E-state index is 12.2. The van der Waals surface area contributed by atoms with Gasteiger partial charge in [0.2, 0.25) is 0 Å². The molecular formula is C20H17ClN4O4. The molecule has 148 valence electrons. The summed E-state index contributed by atoms with van der Waals surface area (Å²) in [5.74, 6) is -0.439. The third-order valence-corrected chi connectivity index (χ3v) is 4.01. The van der Waals surface area contributed by atoms with Crippen molar-refractivity contribution < 1.29 is 19.1 Å². The van der Waals surface area contributed by atoms with E-state index in [1.54, 1.807) is 55.7 Å². The van der Waals surface area contributed by atoms with E-state index in [1.165, 1.54) is 23.4 Å². The lowest BCUT2D eigenvalue weighted by Gasteiger charge is -2.11. The van der Waals surface area contributed by atoms with Crippen LogP contribution in [0.15, 0.2) is 61.2 Å². The molecule has 0 saturated carbocycles. The smallest absolute Gasteiger partial charge is 0.331 e. The van der Waals surface area contributed by atoms with Gasteiger partial charge in [-0.15, -0.1) is 0 Å². The number of nitrogens with zero attached hydrogens (tertiary/aromatic N) is 3. The summed E-state index contributed by atoms with van der Waals surface area (Å²) in [6.07, 6.45) is 5.69. The maximum Gasteiger partial charge on any atom is 0.331 e. The Morgan fingerprint density at radius 3 is 2.69 bits per heavy atom. The van der Waals surface area contributed by atoms with E-state index in [-0.39, 0.29) is 0 Å². The molecule has 0 saturated heterocycles. The van der Waals surface area contributed by atoms with Gasteiger partial charge in [-0.25, -0.2) is 14.5 Å². The summed E-state index contributed by atoms with van der Waals surface area (Å²) < 4.78 is 11.5. The van der Waals surface area contributed by atoms with Crippen LogP contribution in [0.2, 0.25) is 5.02 Å². The number of hydrogen-bond donors (Lipinski definition) is 1. The van der Waals surface area contributed by atoms with Gasteiger partial charge in [0.1, 0.15) is 18.4 Å².